The highest BCUT2D eigenvalue weighted by Crippen LogP contribution is 2.53. The van der Waals surface area contributed by atoms with Crippen molar-refractivity contribution in [1.82, 2.24) is 0 Å². The standard InChI is InChI=1S/C47H30O2/c1-47(2)40-25-29(28-17-20-44-39(22-28)35-13-5-8-27-9-7-15-45(49-44)46(27)35)16-19-33(40)37-23-30-10-6-12-32(36(30)26-41(37)47)31-18-21-43-38(24-31)34-11-3-4-14-42(34)48-43/h3-26H,1-2H3. The van der Waals surface area contributed by atoms with E-state index in [1.54, 1.807) is 0 Å². The van der Waals surface area contributed by atoms with Crippen molar-refractivity contribution >= 4 is 43.5 Å². The average molecular weight is 627 g/mol. The molecule has 49 heavy (non-hydrogen) atoms. The molecule has 0 amide bonds. The Morgan fingerprint density at radius 1 is 0.408 bits per heavy atom. The Morgan fingerprint density at radius 2 is 1.14 bits per heavy atom. The van der Waals surface area contributed by atoms with Crippen molar-refractivity contribution in [3.63, 3.8) is 0 Å². The monoisotopic (exact) mass is 626 g/mol. The number of benzene rings is 8. The van der Waals surface area contributed by atoms with Crippen LogP contribution in [-0.2, 0) is 5.41 Å². The lowest BCUT2D eigenvalue weighted by molar-refractivity contribution is 0.487. The zero-order valence-corrected chi connectivity index (χ0v) is 27.2. The molecule has 0 saturated heterocycles. The van der Waals surface area contributed by atoms with Gasteiger partial charge >= 0.3 is 0 Å². The van der Waals surface area contributed by atoms with Gasteiger partial charge in [0.25, 0.3) is 0 Å². The maximum atomic E-state index is 6.40. The van der Waals surface area contributed by atoms with Crippen molar-refractivity contribution in [2.45, 2.75) is 19.3 Å². The zero-order chi connectivity index (χ0) is 32.4. The maximum Gasteiger partial charge on any atom is 0.135 e. The Hall–Kier alpha value is -6.12. The Labute approximate surface area is 283 Å². The van der Waals surface area contributed by atoms with Crippen LogP contribution in [0, 0.1) is 0 Å². The number of para-hydroxylation sites is 1. The van der Waals surface area contributed by atoms with Gasteiger partial charge < -0.3 is 9.15 Å². The van der Waals surface area contributed by atoms with E-state index >= 15 is 0 Å². The minimum absolute atomic E-state index is 0.158. The van der Waals surface area contributed by atoms with Crippen molar-refractivity contribution in [1.29, 1.82) is 0 Å². The highest BCUT2D eigenvalue weighted by molar-refractivity contribution is 6.09. The van der Waals surface area contributed by atoms with E-state index in [1.165, 1.54) is 71.6 Å². The molecule has 1 aliphatic heterocycles. The molecule has 230 valence electrons. The van der Waals surface area contributed by atoms with Crippen LogP contribution in [0.25, 0.3) is 88.0 Å². The first kappa shape index (κ1) is 26.9. The zero-order valence-electron chi connectivity index (χ0n) is 27.2. The van der Waals surface area contributed by atoms with Crippen LogP contribution in [0.15, 0.2) is 150 Å². The Balaban J connectivity index is 1.03. The van der Waals surface area contributed by atoms with E-state index in [4.69, 9.17) is 9.15 Å². The smallest absolute Gasteiger partial charge is 0.135 e. The summed E-state index contributed by atoms with van der Waals surface area (Å²) in [4.78, 5) is 0. The predicted molar refractivity (Wildman–Crippen MR) is 203 cm³/mol. The molecule has 2 heteroatoms. The van der Waals surface area contributed by atoms with Crippen molar-refractivity contribution in [2.75, 3.05) is 0 Å². The summed E-state index contributed by atoms with van der Waals surface area (Å²) in [6.07, 6.45) is 0. The van der Waals surface area contributed by atoms with Crippen LogP contribution >= 0.6 is 0 Å². The van der Waals surface area contributed by atoms with E-state index in [1.807, 2.05) is 12.1 Å². The van der Waals surface area contributed by atoms with Crippen LogP contribution in [0.4, 0.5) is 0 Å². The number of rotatable bonds is 2. The fourth-order valence-corrected chi connectivity index (χ4v) is 8.58. The minimum atomic E-state index is -0.158. The number of furan rings is 1. The average Bonchev–Trinajstić information content (AvgIpc) is 3.61. The summed E-state index contributed by atoms with van der Waals surface area (Å²) in [6, 6.07) is 52.9. The molecule has 2 aliphatic rings. The maximum absolute atomic E-state index is 6.40. The molecule has 2 nitrogen and oxygen atoms in total. The molecule has 0 spiro atoms. The van der Waals surface area contributed by atoms with Crippen LogP contribution in [-0.4, -0.2) is 0 Å². The van der Waals surface area contributed by atoms with E-state index in [-0.39, 0.29) is 5.41 Å². The van der Waals surface area contributed by atoms with E-state index in [0.29, 0.717) is 0 Å². The second-order valence-electron chi connectivity index (χ2n) is 14.1. The van der Waals surface area contributed by atoms with E-state index in [9.17, 15) is 0 Å². The number of fused-ring (bicyclic) bond motifs is 9. The van der Waals surface area contributed by atoms with Crippen LogP contribution in [0.2, 0.25) is 0 Å². The SMILES string of the molecule is CC1(C)c2cc(-c3ccc4c(c3)-c3cccc5cccc(c35)O4)ccc2-c2cc3cccc(-c4ccc5oc6ccccc6c5c4)c3cc21. The van der Waals surface area contributed by atoms with Gasteiger partial charge in [0.05, 0.1) is 0 Å². The summed E-state index contributed by atoms with van der Waals surface area (Å²) >= 11 is 0. The summed E-state index contributed by atoms with van der Waals surface area (Å²) < 4.78 is 12.5. The molecule has 1 aromatic heterocycles. The third-order valence-electron chi connectivity index (χ3n) is 11.1. The van der Waals surface area contributed by atoms with Crippen LogP contribution in [0.3, 0.4) is 0 Å². The second-order valence-corrected chi connectivity index (χ2v) is 14.1. The molecule has 1 aliphatic carbocycles. The molecule has 2 heterocycles. The lowest BCUT2D eigenvalue weighted by Crippen LogP contribution is -2.15. The van der Waals surface area contributed by atoms with Gasteiger partial charge in [-0.2, -0.15) is 0 Å². The summed E-state index contributed by atoms with van der Waals surface area (Å²) in [5.74, 6) is 1.84. The molecule has 0 saturated carbocycles. The molecule has 0 unspecified atom stereocenters. The van der Waals surface area contributed by atoms with E-state index < -0.39 is 0 Å². The largest absolute Gasteiger partial charge is 0.456 e. The van der Waals surface area contributed by atoms with Gasteiger partial charge in [0, 0.05) is 27.1 Å². The molecule has 0 N–H and O–H groups in total. The molecule has 0 radical (unpaired) electrons. The van der Waals surface area contributed by atoms with Gasteiger partial charge in [-0.1, -0.05) is 105 Å². The van der Waals surface area contributed by atoms with Gasteiger partial charge in [-0.15, -0.1) is 0 Å². The lowest BCUT2D eigenvalue weighted by Gasteiger charge is -2.23. The lowest BCUT2D eigenvalue weighted by atomic mass is 9.80. The third kappa shape index (κ3) is 3.72. The van der Waals surface area contributed by atoms with Gasteiger partial charge in [-0.3, -0.25) is 0 Å². The van der Waals surface area contributed by atoms with Crippen molar-refractivity contribution < 1.29 is 9.15 Å². The van der Waals surface area contributed by atoms with Crippen molar-refractivity contribution in [2.24, 2.45) is 0 Å². The fraction of sp³-hybridized carbons (Fsp3) is 0.0638. The highest BCUT2D eigenvalue weighted by Gasteiger charge is 2.36. The van der Waals surface area contributed by atoms with Gasteiger partial charge in [0.2, 0.25) is 0 Å². The van der Waals surface area contributed by atoms with Gasteiger partial charge in [-0.25, -0.2) is 0 Å². The topological polar surface area (TPSA) is 22.4 Å². The summed E-state index contributed by atoms with van der Waals surface area (Å²) in [5, 5.41) is 7.23. The van der Waals surface area contributed by atoms with Crippen molar-refractivity contribution in [3.05, 3.63) is 157 Å². The molecular formula is C47H30O2. The molecule has 0 fully saturated rings. The van der Waals surface area contributed by atoms with Gasteiger partial charge in [0.1, 0.15) is 22.7 Å². The molecular weight excluding hydrogens is 597 g/mol. The summed E-state index contributed by atoms with van der Waals surface area (Å²) in [7, 11) is 0. The Morgan fingerprint density at radius 3 is 2.06 bits per heavy atom. The Kier molecular flexibility index (Phi) is 5.21. The molecule has 8 aromatic carbocycles. The van der Waals surface area contributed by atoms with Crippen LogP contribution in [0.1, 0.15) is 25.0 Å². The van der Waals surface area contributed by atoms with Gasteiger partial charge in [-0.05, 0) is 121 Å². The highest BCUT2D eigenvalue weighted by atomic mass is 16.5. The molecule has 9 aromatic rings. The fourth-order valence-electron chi connectivity index (χ4n) is 8.58. The number of hydrogen-bond acceptors (Lipinski definition) is 2. The van der Waals surface area contributed by atoms with Crippen molar-refractivity contribution in [3.8, 4) is 56.0 Å². The summed E-state index contributed by atoms with van der Waals surface area (Å²) in [6.45, 7) is 4.75. The predicted octanol–water partition coefficient (Wildman–Crippen LogP) is 13.3. The molecule has 11 rings (SSSR count). The quantitative estimate of drug-likeness (QED) is 0.190. The normalized spacial score (nSPS) is 13.8. The first-order chi connectivity index (χ1) is 24.0. The van der Waals surface area contributed by atoms with E-state index in [0.717, 1.165) is 39.0 Å². The molecule has 0 atom stereocenters. The second kappa shape index (κ2) is 9.49. The third-order valence-corrected chi connectivity index (χ3v) is 11.1. The van der Waals surface area contributed by atoms with E-state index in [2.05, 4.69) is 147 Å². The molecule has 0 bridgehead atoms. The first-order valence-electron chi connectivity index (χ1n) is 17.0. The number of ether oxygens (including phenoxy) is 1. The Bertz CT molecular complexity index is 2880. The van der Waals surface area contributed by atoms with Crippen LogP contribution < -0.4 is 4.74 Å². The summed E-state index contributed by atoms with van der Waals surface area (Å²) in [5.41, 5.74) is 14.3. The number of hydrogen-bond donors (Lipinski definition) is 0. The van der Waals surface area contributed by atoms with Gasteiger partial charge in [0.15, 0.2) is 0 Å². The van der Waals surface area contributed by atoms with Crippen LogP contribution in [0.5, 0.6) is 11.5 Å². The first-order valence-corrected chi connectivity index (χ1v) is 17.0. The minimum Gasteiger partial charge on any atom is -0.456 e.